The first-order valence-electron chi connectivity index (χ1n) is 7.28. The lowest BCUT2D eigenvalue weighted by Gasteiger charge is -2.19. The van der Waals surface area contributed by atoms with Gasteiger partial charge in [0.1, 0.15) is 11.4 Å². The van der Waals surface area contributed by atoms with Gasteiger partial charge in [0.15, 0.2) is 0 Å². The number of nitrogens with one attached hydrogen (secondary N) is 1. The number of aromatic nitrogens is 2. The van der Waals surface area contributed by atoms with E-state index in [2.05, 4.69) is 31.2 Å². The molecule has 0 bridgehead atoms. The van der Waals surface area contributed by atoms with Gasteiger partial charge in [0.2, 0.25) is 0 Å². The highest BCUT2D eigenvalue weighted by molar-refractivity contribution is 5.83. The smallest absolute Gasteiger partial charge is 0.413 e. The van der Waals surface area contributed by atoms with E-state index in [1.54, 1.807) is 4.68 Å². The van der Waals surface area contributed by atoms with Gasteiger partial charge in [-0.3, -0.25) is 5.32 Å². The Hall–Kier alpha value is -1.56. The third-order valence-electron chi connectivity index (χ3n) is 3.30. The average molecular weight is 297 g/mol. The van der Waals surface area contributed by atoms with Crippen LogP contribution in [0.15, 0.2) is 6.07 Å². The first kappa shape index (κ1) is 17.5. The fourth-order valence-electron chi connectivity index (χ4n) is 1.70. The predicted octanol–water partition coefficient (Wildman–Crippen LogP) is 2.91. The second kappa shape index (κ2) is 6.47. The van der Waals surface area contributed by atoms with Crippen LogP contribution in [-0.4, -0.2) is 33.2 Å². The van der Waals surface area contributed by atoms with Crippen molar-refractivity contribution in [3.8, 4) is 0 Å². The molecule has 0 aliphatic carbocycles. The van der Waals surface area contributed by atoms with Gasteiger partial charge in [-0.25, -0.2) is 9.48 Å². The Morgan fingerprint density at radius 1 is 1.38 bits per heavy atom. The molecule has 0 aliphatic rings. The summed E-state index contributed by atoms with van der Waals surface area (Å²) in [6.07, 6.45) is 0.400. The van der Waals surface area contributed by atoms with Gasteiger partial charge in [0.25, 0.3) is 0 Å². The zero-order valence-electron chi connectivity index (χ0n) is 13.9. The van der Waals surface area contributed by atoms with Gasteiger partial charge in [-0.1, -0.05) is 20.8 Å². The van der Waals surface area contributed by atoms with E-state index in [1.165, 1.54) is 0 Å². The molecule has 1 rings (SSSR count). The van der Waals surface area contributed by atoms with Crippen LogP contribution in [0.1, 0.15) is 53.7 Å². The van der Waals surface area contributed by atoms with Crippen LogP contribution in [0.2, 0.25) is 0 Å². The van der Waals surface area contributed by atoms with E-state index in [4.69, 9.17) is 9.84 Å². The van der Waals surface area contributed by atoms with Crippen molar-refractivity contribution in [2.75, 3.05) is 11.9 Å². The molecule has 6 nitrogen and oxygen atoms in total. The first-order chi connectivity index (χ1) is 9.59. The molecule has 0 atom stereocenters. The van der Waals surface area contributed by atoms with Crippen LogP contribution in [-0.2, 0) is 16.7 Å². The average Bonchev–Trinajstić information content (AvgIpc) is 2.71. The maximum atomic E-state index is 11.9. The van der Waals surface area contributed by atoms with Gasteiger partial charge < -0.3 is 9.84 Å². The normalized spacial score (nSPS) is 12.3. The molecule has 0 aromatic carbocycles. The molecule has 0 aliphatic heterocycles. The number of amides is 1. The molecular weight excluding hydrogens is 270 g/mol. The molecule has 0 spiro atoms. The third kappa shape index (κ3) is 5.04. The van der Waals surface area contributed by atoms with Gasteiger partial charge >= 0.3 is 6.09 Å². The Morgan fingerprint density at radius 2 is 2.00 bits per heavy atom. The van der Waals surface area contributed by atoms with Gasteiger partial charge in [-0.15, -0.1) is 0 Å². The second-order valence-corrected chi connectivity index (χ2v) is 6.73. The van der Waals surface area contributed by atoms with E-state index in [0.717, 1.165) is 12.1 Å². The Bertz CT molecular complexity index is 487. The van der Waals surface area contributed by atoms with Gasteiger partial charge in [-0.2, -0.15) is 5.10 Å². The molecular formula is C15H27N3O3. The third-order valence-corrected chi connectivity index (χ3v) is 3.30. The molecule has 0 saturated heterocycles. The van der Waals surface area contributed by atoms with Crippen molar-refractivity contribution in [1.29, 1.82) is 0 Å². The van der Waals surface area contributed by atoms with Crippen molar-refractivity contribution in [3.63, 3.8) is 0 Å². The monoisotopic (exact) mass is 297 g/mol. The van der Waals surface area contributed by atoms with E-state index in [9.17, 15) is 4.79 Å². The Morgan fingerprint density at radius 3 is 2.48 bits per heavy atom. The number of hydrogen-bond donors (Lipinski definition) is 2. The number of aliphatic hydroxyl groups excluding tert-OH is 1. The fraction of sp³-hybridized carbons (Fsp3) is 0.733. The van der Waals surface area contributed by atoms with Crippen LogP contribution in [0.3, 0.4) is 0 Å². The highest BCUT2D eigenvalue weighted by Gasteiger charge is 2.24. The Labute approximate surface area is 126 Å². The van der Waals surface area contributed by atoms with E-state index in [-0.39, 0.29) is 12.0 Å². The molecule has 2 N–H and O–H groups in total. The molecule has 1 amide bonds. The molecule has 120 valence electrons. The molecule has 1 aromatic rings. The lowest BCUT2D eigenvalue weighted by atomic mass is 9.87. The molecule has 1 aromatic heterocycles. The summed E-state index contributed by atoms with van der Waals surface area (Å²) in [6.45, 7) is 12.0. The summed E-state index contributed by atoms with van der Waals surface area (Å²) in [7, 11) is 0. The largest absolute Gasteiger partial charge is 0.444 e. The topological polar surface area (TPSA) is 76.4 Å². The standard InChI is InChI=1S/C15H27N3O3/c1-7-15(5,6)11-10-12(18(17-11)8-9-19)16-13(20)21-14(2,3)4/h10,19H,7-9H2,1-6H3,(H,16,20). The molecule has 0 radical (unpaired) electrons. The zero-order chi connectivity index (χ0) is 16.3. The van der Waals surface area contributed by atoms with Crippen molar-refractivity contribution in [3.05, 3.63) is 11.8 Å². The summed E-state index contributed by atoms with van der Waals surface area (Å²) in [6, 6.07) is 1.84. The zero-order valence-corrected chi connectivity index (χ0v) is 13.9. The van der Waals surface area contributed by atoms with Gasteiger partial charge in [0.05, 0.1) is 18.8 Å². The minimum atomic E-state index is -0.558. The number of carbonyl (C=O) groups is 1. The maximum absolute atomic E-state index is 11.9. The van der Waals surface area contributed by atoms with Crippen molar-refractivity contribution in [1.82, 2.24) is 9.78 Å². The molecule has 0 saturated carbocycles. The Kier molecular flexibility index (Phi) is 5.39. The predicted molar refractivity (Wildman–Crippen MR) is 82.5 cm³/mol. The highest BCUT2D eigenvalue weighted by Crippen LogP contribution is 2.28. The lowest BCUT2D eigenvalue weighted by molar-refractivity contribution is 0.0634. The quantitative estimate of drug-likeness (QED) is 0.876. The minimum absolute atomic E-state index is 0.0450. The molecule has 1 heterocycles. The number of carbonyl (C=O) groups excluding carboxylic acids is 1. The summed E-state index contributed by atoms with van der Waals surface area (Å²) >= 11 is 0. The number of ether oxygens (including phenoxy) is 1. The van der Waals surface area contributed by atoms with Crippen LogP contribution in [0, 0.1) is 0 Å². The molecule has 6 heteroatoms. The van der Waals surface area contributed by atoms with E-state index < -0.39 is 11.7 Å². The lowest BCUT2D eigenvalue weighted by Crippen LogP contribution is -2.28. The maximum Gasteiger partial charge on any atom is 0.413 e. The number of hydrogen-bond acceptors (Lipinski definition) is 4. The van der Waals surface area contributed by atoms with Gasteiger partial charge in [-0.05, 0) is 27.2 Å². The van der Waals surface area contributed by atoms with E-state index in [1.807, 2.05) is 26.8 Å². The van der Waals surface area contributed by atoms with E-state index >= 15 is 0 Å². The van der Waals surface area contributed by atoms with Crippen LogP contribution in [0.25, 0.3) is 0 Å². The molecule has 21 heavy (non-hydrogen) atoms. The van der Waals surface area contributed by atoms with Crippen LogP contribution >= 0.6 is 0 Å². The second-order valence-electron chi connectivity index (χ2n) is 6.73. The van der Waals surface area contributed by atoms with Crippen molar-refractivity contribution >= 4 is 11.9 Å². The van der Waals surface area contributed by atoms with Crippen LogP contribution in [0.4, 0.5) is 10.6 Å². The SMILES string of the molecule is CCC(C)(C)c1cc(NC(=O)OC(C)(C)C)n(CCO)n1. The summed E-state index contributed by atoms with van der Waals surface area (Å²) in [5, 5.41) is 16.3. The molecule has 0 unspecified atom stereocenters. The van der Waals surface area contributed by atoms with E-state index in [0.29, 0.717) is 12.4 Å². The fourth-order valence-corrected chi connectivity index (χ4v) is 1.70. The summed E-state index contributed by atoms with van der Waals surface area (Å²) in [5.41, 5.74) is 0.229. The number of nitrogens with zero attached hydrogens (tertiary/aromatic N) is 2. The minimum Gasteiger partial charge on any atom is -0.444 e. The van der Waals surface area contributed by atoms with Crippen LogP contribution in [0.5, 0.6) is 0 Å². The number of rotatable bonds is 5. The highest BCUT2D eigenvalue weighted by atomic mass is 16.6. The van der Waals surface area contributed by atoms with Crippen molar-refractivity contribution in [2.24, 2.45) is 0 Å². The summed E-state index contributed by atoms with van der Waals surface area (Å²) in [5.74, 6) is 0.537. The van der Waals surface area contributed by atoms with Gasteiger partial charge in [0, 0.05) is 11.5 Å². The molecule has 0 fully saturated rings. The Balaban J connectivity index is 2.97. The number of aliphatic hydroxyl groups is 1. The van der Waals surface area contributed by atoms with Crippen LogP contribution < -0.4 is 5.32 Å². The summed E-state index contributed by atoms with van der Waals surface area (Å²) in [4.78, 5) is 11.9. The van der Waals surface area contributed by atoms with Crippen molar-refractivity contribution in [2.45, 2.75) is 65.5 Å². The number of anilines is 1. The first-order valence-corrected chi connectivity index (χ1v) is 7.28. The van der Waals surface area contributed by atoms with Crippen molar-refractivity contribution < 1.29 is 14.6 Å². The summed E-state index contributed by atoms with van der Waals surface area (Å²) < 4.78 is 6.84.